The van der Waals surface area contributed by atoms with Gasteiger partial charge in [-0.2, -0.15) is 9.97 Å². The van der Waals surface area contributed by atoms with E-state index >= 15 is 0 Å². The third-order valence-electron chi connectivity index (χ3n) is 4.90. The largest absolute Gasteiger partial charge is 0.462 e. The maximum Gasteiger partial charge on any atom is 0.328 e. The Kier molecular flexibility index (Phi) is 10.6. The average Bonchev–Trinajstić information content (AvgIpc) is 3.16. The van der Waals surface area contributed by atoms with Gasteiger partial charge in [-0.3, -0.25) is 14.4 Å². The third kappa shape index (κ3) is 8.51. The van der Waals surface area contributed by atoms with Crippen LogP contribution < -0.4 is 21.2 Å². The molecular weight excluding hydrogens is 513 g/mol. The van der Waals surface area contributed by atoms with E-state index in [2.05, 4.69) is 25.2 Å². The van der Waals surface area contributed by atoms with Crippen molar-refractivity contribution in [2.45, 2.75) is 46.5 Å². The van der Waals surface area contributed by atoms with Crippen molar-refractivity contribution in [2.24, 2.45) is 5.16 Å². The van der Waals surface area contributed by atoms with Gasteiger partial charge in [0.2, 0.25) is 0 Å². The highest BCUT2D eigenvalue weighted by Gasteiger charge is 2.17. The quantitative estimate of drug-likeness (QED) is 0.0897. The van der Waals surface area contributed by atoms with Crippen LogP contribution in [0.15, 0.2) is 34.2 Å². The minimum Gasteiger partial charge on any atom is -0.462 e. The van der Waals surface area contributed by atoms with E-state index in [1.54, 1.807) is 21.0 Å². The van der Waals surface area contributed by atoms with Crippen molar-refractivity contribution < 1.29 is 23.6 Å². The first-order valence-corrected chi connectivity index (χ1v) is 13.4. The first-order valence-electron chi connectivity index (χ1n) is 12.0. The SMILES string of the molecule is COCCOc1nc(N)c2[nH]c(=O)n(Cc3cccc(CP(NCC(=O)OC(C)C)ON=C(C)C)c3)c2n1. The number of anilines is 1. The highest BCUT2D eigenvalue weighted by atomic mass is 31.2. The number of nitrogens with zero attached hydrogens (tertiary/aromatic N) is 4. The third-order valence-corrected chi connectivity index (χ3v) is 6.34. The lowest BCUT2D eigenvalue weighted by Crippen LogP contribution is -2.24. The number of hydrogen-bond acceptors (Lipinski definition) is 11. The predicted octanol–water partition coefficient (Wildman–Crippen LogP) is 2.54. The fourth-order valence-electron chi connectivity index (χ4n) is 3.33. The number of carbonyl (C=O) groups excluding carboxylic acids is 1. The first kappa shape index (κ1) is 29.0. The van der Waals surface area contributed by atoms with E-state index < -0.39 is 8.30 Å². The molecule has 0 radical (unpaired) electrons. The molecule has 0 saturated carbocycles. The van der Waals surface area contributed by atoms with Crippen molar-refractivity contribution in [1.29, 1.82) is 0 Å². The van der Waals surface area contributed by atoms with Crippen molar-refractivity contribution >= 4 is 37.0 Å². The number of fused-ring (bicyclic) bond motifs is 1. The summed E-state index contributed by atoms with van der Waals surface area (Å²) < 4.78 is 22.8. The number of rotatable bonds is 14. The van der Waals surface area contributed by atoms with E-state index in [1.807, 2.05) is 38.1 Å². The second-order valence-corrected chi connectivity index (χ2v) is 10.4. The van der Waals surface area contributed by atoms with Crippen molar-refractivity contribution in [3.05, 3.63) is 45.9 Å². The first-order chi connectivity index (χ1) is 18.2. The summed E-state index contributed by atoms with van der Waals surface area (Å²) in [5, 5.41) is 7.18. The van der Waals surface area contributed by atoms with Gasteiger partial charge in [0.05, 0.1) is 25.0 Å². The summed E-state index contributed by atoms with van der Waals surface area (Å²) in [5.41, 5.74) is 8.89. The number of methoxy groups -OCH3 is 1. The zero-order valence-corrected chi connectivity index (χ0v) is 23.1. The number of H-pyrrole nitrogens is 1. The van der Waals surface area contributed by atoms with Crippen LogP contribution in [0, 0.1) is 0 Å². The van der Waals surface area contributed by atoms with E-state index in [-0.39, 0.29) is 49.3 Å². The van der Waals surface area contributed by atoms with Crippen LogP contribution in [0.4, 0.5) is 5.82 Å². The molecule has 0 aliphatic rings. The van der Waals surface area contributed by atoms with Gasteiger partial charge in [0, 0.05) is 13.3 Å². The highest BCUT2D eigenvalue weighted by Crippen LogP contribution is 2.37. The zero-order valence-electron chi connectivity index (χ0n) is 22.2. The van der Waals surface area contributed by atoms with Crippen LogP contribution in [-0.2, 0) is 31.6 Å². The molecule has 0 bridgehead atoms. The van der Waals surface area contributed by atoms with Gasteiger partial charge in [0.25, 0.3) is 0 Å². The van der Waals surface area contributed by atoms with Crippen molar-refractivity contribution in [1.82, 2.24) is 24.6 Å². The Labute approximate surface area is 221 Å². The lowest BCUT2D eigenvalue weighted by Gasteiger charge is -2.17. The number of ether oxygens (including phenoxy) is 3. The second-order valence-electron chi connectivity index (χ2n) is 8.80. The molecule has 206 valence electrons. The predicted molar refractivity (Wildman–Crippen MR) is 145 cm³/mol. The summed E-state index contributed by atoms with van der Waals surface area (Å²) in [6.45, 7) is 8.08. The van der Waals surface area contributed by atoms with Gasteiger partial charge in [0.15, 0.2) is 19.8 Å². The Balaban J connectivity index is 1.79. The zero-order chi connectivity index (χ0) is 27.7. The minimum atomic E-state index is -1.32. The maximum absolute atomic E-state index is 12.7. The van der Waals surface area contributed by atoms with Crippen LogP contribution in [0.5, 0.6) is 6.01 Å². The number of imidazole rings is 1. The lowest BCUT2D eigenvalue weighted by molar-refractivity contribution is -0.145. The Morgan fingerprint density at radius 1 is 1.24 bits per heavy atom. The molecule has 4 N–H and O–H groups in total. The monoisotopic (exact) mass is 547 g/mol. The van der Waals surface area contributed by atoms with Crippen LogP contribution in [0.1, 0.15) is 38.8 Å². The van der Waals surface area contributed by atoms with Gasteiger partial charge in [0.1, 0.15) is 18.7 Å². The van der Waals surface area contributed by atoms with Gasteiger partial charge >= 0.3 is 17.7 Å². The van der Waals surface area contributed by atoms with Crippen LogP contribution in [0.2, 0.25) is 0 Å². The van der Waals surface area contributed by atoms with Gasteiger partial charge in [-0.15, -0.1) is 0 Å². The number of hydrogen-bond donors (Lipinski definition) is 3. The Hall–Kier alpha value is -3.54. The molecule has 13 nitrogen and oxygen atoms in total. The van der Waals surface area contributed by atoms with Gasteiger partial charge in [-0.25, -0.2) is 4.79 Å². The number of carbonyl (C=O) groups is 1. The summed E-state index contributed by atoms with van der Waals surface area (Å²) in [4.78, 5) is 35.9. The van der Waals surface area contributed by atoms with E-state index in [1.165, 1.54) is 4.57 Å². The fraction of sp³-hybridized carbons (Fsp3) is 0.458. The second kappa shape index (κ2) is 13.8. The average molecular weight is 548 g/mol. The smallest absolute Gasteiger partial charge is 0.328 e. The van der Waals surface area contributed by atoms with E-state index in [0.717, 1.165) is 16.8 Å². The number of nitrogen functional groups attached to an aromatic ring is 1. The number of esters is 1. The van der Waals surface area contributed by atoms with Crippen LogP contribution in [0.25, 0.3) is 11.2 Å². The molecule has 3 aromatic rings. The van der Waals surface area contributed by atoms with E-state index in [9.17, 15) is 9.59 Å². The van der Waals surface area contributed by atoms with Crippen LogP contribution in [0.3, 0.4) is 0 Å². The molecule has 14 heteroatoms. The number of nitrogens with one attached hydrogen (secondary N) is 2. The molecule has 2 heterocycles. The summed E-state index contributed by atoms with van der Waals surface area (Å²) >= 11 is 0. The number of nitrogens with two attached hydrogens (primary N) is 1. The minimum absolute atomic E-state index is 0.00248. The standard InChI is InChI=1S/C24H34N7O6P/c1-15(2)30-37-38(26-12-19(32)36-16(3)4)14-18-8-6-7-17(11-18)13-31-22-20(27-24(31)33)21(25)28-23(29-22)35-10-9-34-5/h6-8,11,16,26H,9-10,12-14H2,1-5H3,(H,27,33)(H2,25,28,29). The van der Waals surface area contributed by atoms with Crippen LogP contribution in [-0.4, -0.2) is 64.2 Å². The summed E-state index contributed by atoms with van der Waals surface area (Å²) in [6.07, 6.45) is 0.273. The normalized spacial score (nSPS) is 11.9. The fourth-order valence-corrected chi connectivity index (χ4v) is 4.66. The molecule has 1 unspecified atom stereocenters. The molecule has 1 atom stereocenters. The van der Waals surface area contributed by atoms with Gasteiger partial charge < -0.3 is 29.6 Å². The Morgan fingerprint density at radius 3 is 2.71 bits per heavy atom. The molecule has 0 aliphatic heterocycles. The van der Waals surface area contributed by atoms with Gasteiger partial charge in [-0.1, -0.05) is 29.4 Å². The summed E-state index contributed by atoms with van der Waals surface area (Å²) in [7, 11) is 0.243. The number of aromatic amines is 1. The number of aromatic nitrogens is 4. The van der Waals surface area contributed by atoms with E-state index in [0.29, 0.717) is 23.9 Å². The number of benzene rings is 1. The molecule has 3 rings (SSSR count). The molecule has 38 heavy (non-hydrogen) atoms. The van der Waals surface area contributed by atoms with E-state index in [4.69, 9.17) is 24.6 Å². The molecular formula is C24H34N7O6P. The summed E-state index contributed by atoms with van der Waals surface area (Å²) in [6, 6.07) is 7.76. The highest BCUT2D eigenvalue weighted by molar-refractivity contribution is 7.49. The molecule has 0 amide bonds. The van der Waals surface area contributed by atoms with Gasteiger partial charge in [-0.05, 0) is 38.8 Å². The molecule has 2 aromatic heterocycles. The molecule has 0 fully saturated rings. The maximum atomic E-state index is 12.7. The lowest BCUT2D eigenvalue weighted by atomic mass is 10.1. The molecule has 0 aliphatic carbocycles. The van der Waals surface area contributed by atoms with Crippen molar-refractivity contribution in [3.8, 4) is 6.01 Å². The Morgan fingerprint density at radius 2 is 2.00 bits per heavy atom. The summed E-state index contributed by atoms with van der Waals surface area (Å²) in [5.74, 6) is -0.253. The molecule has 0 spiro atoms. The Bertz CT molecular complexity index is 1320. The van der Waals surface area contributed by atoms with Crippen molar-refractivity contribution in [3.63, 3.8) is 0 Å². The number of oxime groups is 1. The molecule has 1 aromatic carbocycles. The van der Waals surface area contributed by atoms with Crippen molar-refractivity contribution in [2.75, 3.05) is 32.6 Å². The molecule has 0 saturated heterocycles. The van der Waals surface area contributed by atoms with Crippen LogP contribution >= 0.6 is 8.30 Å². The topological polar surface area (TPSA) is 168 Å².